The number of nitrogens with one attached hydrogen (secondary N) is 1. The predicted octanol–water partition coefficient (Wildman–Crippen LogP) is 7.31. The van der Waals surface area contributed by atoms with Gasteiger partial charge in [-0.25, -0.2) is 18.1 Å². The minimum Gasteiger partial charge on any atom is -0.475 e. The van der Waals surface area contributed by atoms with Crippen LogP contribution in [0.3, 0.4) is 0 Å². The third-order valence-electron chi connectivity index (χ3n) is 11.0. The molecule has 0 radical (unpaired) electrons. The van der Waals surface area contributed by atoms with Crippen molar-refractivity contribution in [3.05, 3.63) is 65.2 Å². The number of sulfonamides is 1. The second-order valence-corrected chi connectivity index (χ2v) is 17.4. The Morgan fingerprint density at radius 3 is 2.25 bits per heavy atom. The van der Waals surface area contributed by atoms with Gasteiger partial charge in [0, 0.05) is 23.2 Å². The molecule has 0 unspecified atom stereocenters. The van der Waals surface area contributed by atoms with Crippen molar-refractivity contribution in [2.24, 2.45) is 16.7 Å². The quantitative estimate of drug-likeness (QED) is 0.281. The topological polar surface area (TPSA) is 122 Å². The fourth-order valence-corrected chi connectivity index (χ4v) is 9.42. The van der Waals surface area contributed by atoms with E-state index in [4.69, 9.17) is 4.74 Å². The van der Waals surface area contributed by atoms with Crippen LogP contribution >= 0.6 is 0 Å². The van der Waals surface area contributed by atoms with E-state index < -0.39 is 15.6 Å². The Morgan fingerprint density at radius 1 is 0.979 bits per heavy atom. The first-order valence-electron chi connectivity index (χ1n) is 17.3. The molecule has 2 aromatic carbocycles. The lowest BCUT2D eigenvalue weighted by Gasteiger charge is -2.63. The van der Waals surface area contributed by atoms with Crippen molar-refractivity contribution in [3.63, 3.8) is 0 Å². The summed E-state index contributed by atoms with van der Waals surface area (Å²) in [6.45, 7) is 14.8. The van der Waals surface area contributed by atoms with Gasteiger partial charge in [0.15, 0.2) is 0 Å². The first-order chi connectivity index (χ1) is 22.6. The molecule has 0 saturated heterocycles. The largest absolute Gasteiger partial charge is 0.475 e. The molecule has 3 aliphatic rings. The zero-order valence-electron chi connectivity index (χ0n) is 29.3. The van der Waals surface area contributed by atoms with Gasteiger partial charge in [-0.2, -0.15) is 4.98 Å². The monoisotopic (exact) mass is 674 g/mol. The van der Waals surface area contributed by atoms with Gasteiger partial charge in [0.1, 0.15) is 6.61 Å². The van der Waals surface area contributed by atoms with Crippen molar-refractivity contribution >= 4 is 21.9 Å². The van der Waals surface area contributed by atoms with E-state index in [0.717, 1.165) is 55.2 Å². The summed E-state index contributed by atoms with van der Waals surface area (Å²) in [5, 5.41) is 11.2. The van der Waals surface area contributed by atoms with E-state index in [2.05, 4.69) is 49.3 Å². The standard InChI is InChI=1S/C38H50N4O5S/c1-8-38(44,9-2)27-18-37(19-27)21-28(22-37)42-29(20-36(5,6)7)23-47-32-17-31(33-24(3)12-10-13-25(33)4)39-35(40-32)41-48(45,46)30-15-11-14-26(16-30)34(42)43/h10-17,27-29,44H,8-9,18-23H2,1-7H3,(H,39,40,41)/t27-,28-,29-,37?/m1/s1. The number of aliphatic hydroxyl groups is 1. The molecule has 48 heavy (non-hydrogen) atoms. The van der Waals surface area contributed by atoms with Crippen LogP contribution in [0.4, 0.5) is 5.95 Å². The molecule has 1 atom stereocenters. The summed E-state index contributed by atoms with van der Waals surface area (Å²) in [6, 6.07) is 13.6. The molecule has 1 aromatic heterocycles. The van der Waals surface area contributed by atoms with Crippen LogP contribution in [0.15, 0.2) is 53.4 Å². The van der Waals surface area contributed by atoms with E-state index in [0.29, 0.717) is 17.7 Å². The van der Waals surface area contributed by atoms with Gasteiger partial charge in [-0.05, 0) is 105 Å². The molecule has 10 heteroatoms. The van der Waals surface area contributed by atoms with Crippen molar-refractivity contribution in [1.82, 2.24) is 14.9 Å². The second kappa shape index (κ2) is 12.4. The molecule has 4 bridgehead atoms. The van der Waals surface area contributed by atoms with E-state index in [9.17, 15) is 18.3 Å². The number of nitrogens with zero attached hydrogens (tertiary/aromatic N) is 3. The molecule has 2 heterocycles. The van der Waals surface area contributed by atoms with Crippen molar-refractivity contribution < 1.29 is 23.1 Å². The Labute approximate surface area is 285 Å². The van der Waals surface area contributed by atoms with Gasteiger partial charge >= 0.3 is 0 Å². The van der Waals surface area contributed by atoms with Crippen LogP contribution in [0.25, 0.3) is 11.3 Å². The van der Waals surface area contributed by atoms with Crippen molar-refractivity contribution in [3.8, 4) is 17.1 Å². The fraction of sp³-hybridized carbons (Fsp3) is 0.553. The lowest BCUT2D eigenvalue weighted by molar-refractivity contribution is -0.161. The fourth-order valence-electron chi connectivity index (χ4n) is 8.43. The first-order valence-corrected chi connectivity index (χ1v) is 18.8. The zero-order valence-corrected chi connectivity index (χ0v) is 30.2. The second-order valence-electron chi connectivity index (χ2n) is 15.7. The normalized spacial score (nSPS) is 25.5. The van der Waals surface area contributed by atoms with Gasteiger partial charge < -0.3 is 14.7 Å². The van der Waals surface area contributed by atoms with E-state index in [1.165, 1.54) is 12.1 Å². The molecule has 3 aromatic rings. The summed E-state index contributed by atoms with van der Waals surface area (Å²) in [5.74, 6) is 0.223. The summed E-state index contributed by atoms with van der Waals surface area (Å²) in [6.07, 6.45) is 5.80. The number of aryl methyl sites for hydroxylation is 2. The Morgan fingerprint density at radius 2 is 1.62 bits per heavy atom. The van der Waals surface area contributed by atoms with Crippen molar-refractivity contribution in [1.29, 1.82) is 0 Å². The van der Waals surface area contributed by atoms with E-state index in [-0.39, 0.29) is 58.1 Å². The smallest absolute Gasteiger partial charge is 0.264 e. The van der Waals surface area contributed by atoms with Crippen LogP contribution in [-0.2, 0) is 10.0 Å². The minimum absolute atomic E-state index is 0.0274. The molecule has 2 saturated carbocycles. The molecule has 1 spiro atoms. The van der Waals surface area contributed by atoms with Gasteiger partial charge in [-0.1, -0.05) is 58.9 Å². The van der Waals surface area contributed by atoms with Gasteiger partial charge in [-0.15, -0.1) is 0 Å². The molecule has 1 aliphatic heterocycles. The molecular formula is C38H50N4O5S. The SMILES string of the molecule is CCC(O)(CC)[C@H]1CC2(C[C@H](N3C(=O)c4cccc(c4)S(=O)(=O)Nc4nc(cc(-c5c(C)cccc5C)n4)OC[C@H]3CC(C)(C)C)C2)C1. The lowest BCUT2D eigenvalue weighted by atomic mass is 9.46. The maximum atomic E-state index is 14.6. The summed E-state index contributed by atoms with van der Waals surface area (Å²) >= 11 is 0. The number of anilines is 1. The molecule has 2 aliphatic carbocycles. The van der Waals surface area contributed by atoms with Crippen LogP contribution in [0.5, 0.6) is 5.88 Å². The van der Waals surface area contributed by atoms with Gasteiger partial charge in [0.2, 0.25) is 11.8 Å². The van der Waals surface area contributed by atoms with Gasteiger partial charge in [0.05, 0.1) is 22.2 Å². The zero-order chi connectivity index (χ0) is 34.6. The van der Waals surface area contributed by atoms with E-state index in [1.807, 2.05) is 36.9 Å². The third kappa shape index (κ3) is 6.58. The van der Waals surface area contributed by atoms with Gasteiger partial charge in [-0.3, -0.25) is 4.79 Å². The van der Waals surface area contributed by atoms with Crippen LogP contribution in [0.2, 0.25) is 0 Å². The van der Waals surface area contributed by atoms with Crippen LogP contribution in [0, 0.1) is 30.6 Å². The minimum atomic E-state index is -4.14. The Kier molecular flexibility index (Phi) is 8.90. The molecule has 2 fully saturated rings. The Bertz CT molecular complexity index is 1780. The summed E-state index contributed by atoms with van der Waals surface area (Å²) in [5.41, 5.74) is 3.11. The molecule has 9 nitrogen and oxygen atoms in total. The molecular weight excluding hydrogens is 625 g/mol. The number of amides is 1. The lowest BCUT2D eigenvalue weighted by Crippen LogP contribution is -2.63. The Hall–Kier alpha value is -3.50. The number of benzene rings is 2. The van der Waals surface area contributed by atoms with Crippen LogP contribution in [-0.4, -0.2) is 58.6 Å². The highest BCUT2D eigenvalue weighted by Gasteiger charge is 2.59. The highest BCUT2D eigenvalue weighted by molar-refractivity contribution is 7.92. The highest BCUT2D eigenvalue weighted by Crippen LogP contribution is 2.63. The van der Waals surface area contributed by atoms with E-state index >= 15 is 0 Å². The number of ether oxygens (including phenoxy) is 1. The van der Waals surface area contributed by atoms with Gasteiger partial charge in [0.25, 0.3) is 15.9 Å². The summed E-state index contributed by atoms with van der Waals surface area (Å²) in [4.78, 5) is 25.7. The molecule has 2 N–H and O–H groups in total. The van der Waals surface area contributed by atoms with Crippen molar-refractivity contribution in [2.75, 3.05) is 11.3 Å². The number of carbonyl (C=O) groups excluding carboxylic acids is 1. The number of aromatic nitrogens is 2. The maximum absolute atomic E-state index is 14.6. The highest BCUT2D eigenvalue weighted by atomic mass is 32.2. The number of hydrogen-bond acceptors (Lipinski definition) is 7. The number of fused-ring (bicyclic) bond motifs is 4. The average molecular weight is 675 g/mol. The first kappa shape index (κ1) is 34.4. The van der Waals surface area contributed by atoms with Crippen molar-refractivity contribution in [2.45, 2.75) is 116 Å². The predicted molar refractivity (Wildman–Crippen MR) is 187 cm³/mol. The van der Waals surface area contributed by atoms with Crippen LogP contribution in [0.1, 0.15) is 101 Å². The number of carbonyl (C=O) groups is 1. The number of rotatable bonds is 6. The maximum Gasteiger partial charge on any atom is 0.264 e. The number of hydrogen-bond donors (Lipinski definition) is 2. The van der Waals surface area contributed by atoms with Crippen LogP contribution < -0.4 is 9.46 Å². The molecule has 6 rings (SSSR count). The Balaban J connectivity index is 1.40. The molecule has 1 amide bonds. The van der Waals surface area contributed by atoms with E-state index in [1.54, 1.807) is 18.2 Å². The average Bonchev–Trinajstić information content (AvgIpc) is 2.98. The third-order valence-corrected chi connectivity index (χ3v) is 12.4. The summed E-state index contributed by atoms with van der Waals surface area (Å²) in [7, 11) is -4.14. The molecule has 258 valence electrons. The summed E-state index contributed by atoms with van der Waals surface area (Å²) < 4.78 is 36.4.